The first kappa shape index (κ1) is 21.5. The van der Waals surface area contributed by atoms with Crippen LogP contribution in [0.2, 0.25) is 0 Å². The van der Waals surface area contributed by atoms with Gasteiger partial charge in [-0.05, 0) is 44.4 Å². The zero-order valence-corrected chi connectivity index (χ0v) is 17.5. The minimum Gasteiger partial charge on any atom is -0.469 e. The summed E-state index contributed by atoms with van der Waals surface area (Å²) in [6.07, 6.45) is 7.83. The monoisotopic (exact) mass is 374 g/mol. The van der Waals surface area contributed by atoms with Gasteiger partial charge >= 0.3 is 11.9 Å². The van der Waals surface area contributed by atoms with Crippen LogP contribution in [0.1, 0.15) is 59.8 Å². The van der Waals surface area contributed by atoms with Gasteiger partial charge in [0.15, 0.2) is 0 Å². The molecule has 0 aromatic heterocycles. The molecular formula is C23H34O4. The van der Waals surface area contributed by atoms with E-state index >= 15 is 0 Å². The lowest BCUT2D eigenvalue weighted by atomic mass is 9.46. The first-order valence-corrected chi connectivity index (χ1v) is 9.82. The third kappa shape index (κ3) is 3.90. The van der Waals surface area contributed by atoms with Gasteiger partial charge in [0.2, 0.25) is 0 Å². The molecule has 0 spiro atoms. The van der Waals surface area contributed by atoms with Crippen LogP contribution in [0.5, 0.6) is 0 Å². The lowest BCUT2D eigenvalue weighted by Crippen LogP contribution is -2.59. The average molecular weight is 375 g/mol. The van der Waals surface area contributed by atoms with Gasteiger partial charge in [0.05, 0.1) is 12.5 Å². The van der Waals surface area contributed by atoms with Crippen molar-refractivity contribution < 1.29 is 19.1 Å². The quantitative estimate of drug-likeness (QED) is 0.386. The fourth-order valence-electron chi connectivity index (χ4n) is 5.69. The largest absolute Gasteiger partial charge is 0.469 e. The number of carbonyl (C=O) groups excluding carboxylic acids is 2. The van der Waals surface area contributed by atoms with Gasteiger partial charge in [0.25, 0.3) is 0 Å². The van der Waals surface area contributed by atoms with Crippen LogP contribution in [0.15, 0.2) is 36.5 Å². The fraction of sp³-hybridized carbons (Fsp3) is 0.652. The predicted octanol–water partition coefficient (Wildman–Crippen LogP) is 5.00. The zero-order chi connectivity index (χ0) is 20.4. The van der Waals surface area contributed by atoms with E-state index in [0.29, 0.717) is 6.42 Å². The number of carbonyl (C=O) groups is 2. The Kier molecular flexibility index (Phi) is 6.39. The molecule has 2 aliphatic rings. The Morgan fingerprint density at radius 1 is 1.26 bits per heavy atom. The maximum absolute atomic E-state index is 12.8. The van der Waals surface area contributed by atoms with Gasteiger partial charge in [0.1, 0.15) is 6.10 Å². The Morgan fingerprint density at radius 2 is 1.93 bits per heavy atom. The maximum Gasteiger partial charge on any atom is 0.311 e. The second kappa shape index (κ2) is 8.04. The third-order valence-electron chi connectivity index (χ3n) is 6.90. The second-order valence-corrected chi connectivity index (χ2v) is 8.70. The van der Waals surface area contributed by atoms with E-state index in [0.717, 1.165) is 36.8 Å². The number of ether oxygens (including phenoxy) is 2. The van der Waals surface area contributed by atoms with Crippen LogP contribution in [-0.2, 0) is 19.1 Å². The van der Waals surface area contributed by atoms with Gasteiger partial charge in [-0.3, -0.25) is 9.59 Å². The molecule has 150 valence electrons. The zero-order valence-electron chi connectivity index (χ0n) is 17.5. The maximum atomic E-state index is 12.8. The number of methoxy groups -OCH3 is 1. The average Bonchev–Trinajstić information content (AvgIpc) is 2.59. The van der Waals surface area contributed by atoms with Crippen LogP contribution < -0.4 is 0 Å². The highest BCUT2D eigenvalue weighted by molar-refractivity contribution is 5.77. The normalized spacial score (nSPS) is 36.6. The standard InChI is InChI=1S/C23H34O4/c1-8-15(2)10-11-18-16(3)14-19(27-17(4)24)20-22(18,5)12-9-13-23(20,6)21(25)26-7/h8,10,18-20H,1,3,9,11-14H2,2,4-7H3. The number of rotatable bonds is 5. The summed E-state index contributed by atoms with van der Waals surface area (Å²) in [5.74, 6) is -0.384. The highest BCUT2D eigenvalue weighted by Crippen LogP contribution is 2.62. The van der Waals surface area contributed by atoms with Crippen LogP contribution in [0.4, 0.5) is 0 Å². The van der Waals surface area contributed by atoms with Crippen LogP contribution in [0, 0.1) is 22.7 Å². The summed E-state index contributed by atoms with van der Waals surface area (Å²) in [4.78, 5) is 24.6. The predicted molar refractivity (Wildman–Crippen MR) is 107 cm³/mol. The highest BCUT2D eigenvalue weighted by atomic mass is 16.5. The number of hydrogen-bond acceptors (Lipinski definition) is 4. The van der Waals surface area contributed by atoms with Crippen LogP contribution >= 0.6 is 0 Å². The molecule has 0 bridgehead atoms. The summed E-state index contributed by atoms with van der Waals surface area (Å²) in [6, 6.07) is 0. The summed E-state index contributed by atoms with van der Waals surface area (Å²) in [5.41, 5.74) is 1.38. The van der Waals surface area contributed by atoms with E-state index in [1.54, 1.807) is 0 Å². The van der Waals surface area contributed by atoms with Gasteiger partial charge in [-0.25, -0.2) is 0 Å². The van der Waals surface area contributed by atoms with Crippen molar-refractivity contribution in [2.75, 3.05) is 7.11 Å². The molecule has 0 radical (unpaired) electrons. The molecule has 0 amide bonds. The Balaban J connectivity index is 2.53. The van der Waals surface area contributed by atoms with Crippen LogP contribution in [0.25, 0.3) is 0 Å². The van der Waals surface area contributed by atoms with Gasteiger partial charge in [-0.15, -0.1) is 0 Å². The lowest BCUT2D eigenvalue weighted by Gasteiger charge is -2.59. The van der Waals surface area contributed by atoms with Crippen molar-refractivity contribution in [1.29, 1.82) is 0 Å². The Morgan fingerprint density at radius 3 is 2.48 bits per heavy atom. The van der Waals surface area contributed by atoms with Crippen molar-refractivity contribution in [1.82, 2.24) is 0 Å². The topological polar surface area (TPSA) is 52.6 Å². The van der Waals surface area contributed by atoms with Gasteiger partial charge < -0.3 is 9.47 Å². The smallest absolute Gasteiger partial charge is 0.311 e. The van der Waals surface area contributed by atoms with Crippen molar-refractivity contribution in [3.63, 3.8) is 0 Å². The van der Waals surface area contributed by atoms with Crippen molar-refractivity contribution in [3.05, 3.63) is 36.5 Å². The van der Waals surface area contributed by atoms with E-state index in [2.05, 4.69) is 26.2 Å². The minimum atomic E-state index is -0.669. The molecule has 27 heavy (non-hydrogen) atoms. The Bertz CT molecular complexity index is 661. The van der Waals surface area contributed by atoms with Crippen molar-refractivity contribution >= 4 is 11.9 Å². The molecule has 0 aliphatic heterocycles. The molecule has 0 heterocycles. The minimum absolute atomic E-state index is 0.0944. The number of allylic oxidation sites excluding steroid dienone is 3. The molecule has 5 atom stereocenters. The van der Waals surface area contributed by atoms with Gasteiger partial charge in [-0.2, -0.15) is 0 Å². The molecule has 0 aromatic carbocycles. The molecule has 4 heteroatoms. The lowest BCUT2D eigenvalue weighted by molar-refractivity contribution is -0.190. The summed E-state index contributed by atoms with van der Waals surface area (Å²) in [5, 5.41) is 0. The van der Waals surface area contributed by atoms with Crippen molar-refractivity contribution in [3.8, 4) is 0 Å². The second-order valence-electron chi connectivity index (χ2n) is 8.70. The Labute approximate surface area is 163 Å². The molecule has 2 aliphatic carbocycles. The van der Waals surface area contributed by atoms with Crippen LogP contribution in [-0.4, -0.2) is 25.2 Å². The van der Waals surface area contributed by atoms with E-state index in [1.807, 2.05) is 19.9 Å². The first-order valence-electron chi connectivity index (χ1n) is 9.82. The fourth-order valence-corrected chi connectivity index (χ4v) is 5.69. The molecule has 0 N–H and O–H groups in total. The highest BCUT2D eigenvalue weighted by Gasteiger charge is 2.62. The van der Waals surface area contributed by atoms with E-state index in [9.17, 15) is 9.59 Å². The van der Waals surface area contributed by atoms with Gasteiger partial charge in [0, 0.05) is 19.3 Å². The number of fused-ring (bicyclic) bond motifs is 1. The van der Waals surface area contributed by atoms with E-state index in [-0.39, 0.29) is 35.3 Å². The third-order valence-corrected chi connectivity index (χ3v) is 6.90. The van der Waals surface area contributed by atoms with Gasteiger partial charge in [-0.1, -0.05) is 49.8 Å². The van der Waals surface area contributed by atoms with Crippen molar-refractivity contribution in [2.24, 2.45) is 22.7 Å². The molecule has 2 rings (SSSR count). The molecule has 0 saturated heterocycles. The van der Waals surface area contributed by atoms with E-state index in [1.165, 1.54) is 14.0 Å². The SMILES string of the molecule is C=CC(C)=CCC1C(=C)CC(OC(C)=O)C2C(C)(C(=O)OC)CCCC12C. The van der Waals surface area contributed by atoms with E-state index in [4.69, 9.17) is 9.47 Å². The summed E-state index contributed by atoms with van der Waals surface area (Å²) in [7, 11) is 1.44. The summed E-state index contributed by atoms with van der Waals surface area (Å²) < 4.78 is 10.9. The molecule has 0 aromatic rings. The number of hydrogen-bond donors (Lipinski definition) is 0. The van der Waals surface area contributed by atoms with Crippen LogP contribution in [0.3, 0.4) is 0 Å². The summed E-state index contributed by atoms with van der Waals surface area (Å²) in [6.45, 7) is 15.9. The summed E-state index contributed by atoms with van der Waals surface area (Å²) >= 11 is 0. The molecule has 4 nitrogen and oxygen atoms in total. The van der Waals surface area contributed by atoms with E-state index < -0.39 is 5.41 Å². The molecule has 2 saturated carbocycles. The van der Waals surface area contributed by atoms with Crippen molar-refractivity contribution in [2.45, 2.75) is 65.9 Å². The Hall–Kier alpha value is -1.84. The number of esters is 2. The molecule has 5 unspecified atom stereocenters. The molecule has 2 fully saturated rings. The molecular weight excluding hydrogens is 340 g/mol. The first-order chi connectivity index (χ1) is 12.6.